The summed E-state index contributed by atoms with van der Waals surface area (Å²) in [5.41, 5.74) is 0. The summed E-state index contributed by atoms with van der Waals surface area (Å²) in [6.45, 7) is 3.74. The van der Waals surface area contributed by atoms with Crippen molar-refractivity contribution in [3.63, 3.8) is 0 Å². The quantitative estimate of drug-likeness (QED) is 0.644. The van der Waals surface area contributed by atoms with Crippen molar-refractivity contribution < 1.29 is 14.7 Å². The molecule has 84 valence electrons. The van der Waals surface area contributed by atoms with Gasteiger partial charge in [-0.3, -0.25) is 4.79 Å². The fraction of sp³-hybridized carbons (Fsp3) is 0.636. The van der Waals surface area contributed by atoms with Gasteiger partial charge in [0.05, 0.1) is 0 Å². The van der Waals surface area contributed by atoms with Crippen molar-refractivity contribution in [1.82, 2.24) is 5.32 Å². The van der Waals surface area contributed by atoms with Crippen LogP contribution in [0.5, 0.6) is 0 Å². The van der Waals surface area contributed by atoms with Crippen molar-refractivity contribution in [1.29, 1.82) is 0 Å². The molecular formula is C11H17NO3. The van der Waals surface area contributed by atoms with E-state index in [1.807, 2.05) is 6.92 Å². The molecule has 4 heteroatoms. The topological polar surface area (TPSA) is 66.4 Å². The number of carbonyl (C=O) groups is 2. The molecule has 2 N–H and O–H groups in total. The number of rotatable bonds is 6. The molecule has 0 rings (SSSR count). The van der Waals surface area contributed by atoms with Crippen molar-refractivity contribution in [2.75, 3.05) is 0 Å². The molecule has 0 spiro atoms. The molecule has 0 aromatic heterocycles. The Hall–Kier alpha value is -1.50. The molecular weight excluding hydrogens is 194 g/mol. The maximum absolute atomic E-state index is 11.5. The van der Waals surface area contributed by atoms with Gasteiger partial charge in [-0.1, -0.05) is 20.3 Å². The first-order valence-corrected chi connectivity index (χ1v) is 4.99. The number of amides is 1. The number of aliphatic carboxylic acids is 1. The molecule has 0 fully saturated rings. The van der Waals surface area contributed by atoms with Crippen LogP contribution in [0.1, 0.15) is 33.1 Å². The Morgan fingerprint density at radius 1 is 1.53 bits per heavy atom. The van der Waals surface area contributed by atoms with Crippen molar-refractivity contribution in [3.8, 4) is 12.3 Å². The molecule has 0 saturated carbocycles. The van der Waals surface area contributed by atoms with Crippen LogP contribution in [0, 0.1) is 18.3 Å². The van der Waals surface area contributed by atoms with E-state index in [1.54, 1.807) is 6.92 Å². The van der Waals surface area contributed by atoms with Gasteiger partial charge < -0.3 is 10.4 Å². The Bertz CT molecular complexity index is 267. The number of carbonyl (C=O) groups excluding carboxylic acids is 1. The zero-order valence-corrected chi connectivity index (χ0v) is 9.12. The first kappa shape index (κ1) is 13.5. The molecule has 0 aliphatic heterocycles. The second-order valence-corrected chi connectivity index (χ2v) is 3.50. The van der Waals surface area contributed by atoms with E-state index in [0.29, 0.717) is 0 Å². The Kier molecular flexibility index (Phi) is 6.19. The van der Waals surface area contributed by atoms with Gasteiger partial charge in [-0.05, 0) is 6.42 Å². The van der Waals surface area contributed by atoms with Gasteiger partial charge in [0.1, 0.15) is 6.04 Å². The summed E-state index contributed by atoms with van der Waals surface area (Å²) < 4.78 is 0. The van der Waals surface area contributed by atoms with E-state index in [-0.39, 0.29) is 18.2 Å². The van der Waals surface area contributed by atoms with E-state index >= 15 is 0 Å². The Morgan fingerprint density at radius 2 is 2.13 bits per heavy atom. The van der Waals surface area contributed by atoms with Crippen LogP contribution in [0.3, 0.4) is 0 Å². The third kappa shape index (κ3) is 5.06. The zero-order valence-electron chi connectivity index (χ0n) is 9.12. The van der Waals surface area contributed by atoms with Crippen LogP contribution in [-0.4, -0.2) is 23.0 Å². The van der Waals surface area contributed by atoms with Gasteiger partial charge in [0.25, 0.3) is 0 Å². The molecule has 2 atom stereocenters. The molecule has 0 aromatic rings. The highest BCUT2D eigenvalue weighted by molar-refractivity contribution is 5.84. The van der Waals surface area contributed by atoms with Crippen LogP contribution in [0.4, 0.5) is 0 Å². The summed E-state index contributed by atoms with van der Waals surface area (Å²) in [6, 6.07) is -0.971. The van der Waals surface area contributed by atoms with Crippen molar-refractivity contribution in [2.45, 2.75) is 39.2 Å². The first-order valence-electron chi connectivity index (χ1n) is 4.99. The number of terminal acetylenes is 1. The van der Waals surface area contributed by atoms with Crippen LogP contribution in [0.25, 0.3) is 0 Å². The van der Waals surface area contributed by atoms with Gasteiger partial charge in [0, 0.05) is 12.3 Å². The van der Waals surface area contributed by atoms with E-state index < -0.39 is 12.0 Å². The lowest BCUT2D eigenvalue weighted by Gasteiger charge is -2.15. The number of carboxylic acids is 1. The number of nitrogens with one attached hydrogen (secondary N) is 1. The van der Waals surface area contributed by atoms with E-state index in [2.05, 4.69) is 11.2 Å². The molecule has 0 aliphatic carbocycles. The number of carboxylic acid groups (broad SMARTS) is 1. The molecule has 0 heterocycles. The summed E-state index contributed by atoms with van der Waals surface area (Å²) >= 11 is 0. The maximum atomic E-state index is 11.5. The van der Waals surface area contributed by atoms with E-state index in [9.17, 15) is 9.59 Å². The van der Waals surface area contributed by atoms with Crippen molar-refractivity contribution >= 4 is 11.9 Å². The van der Waals surface area contributed by atoms with Crippen LogP contribution in [0.15, 0.2) is 0 Å². The normalized spacial score (nSPS) is 13.7. The summed E-state index contributed by atoms with van der Waals surface area (Å²) in [5.74, 6) is 0.715. The van der Waals surface area contributed by atoms with Gasteiger partial charge in [-0.15, -0.1) is 12.3 Å². The maximum Gasteiger partial charge on any atom is 0.327 e. The zero-order chi connectivity index (χ0) is 11.8. The Labute approximate surface area is 90.1 Å². The summed E-state index contributed by atoms with van der Waals surface area (Å²) in [7, 11) is 0. The second-order valence-electron chi connectivity index (χ2n) is 3.50. The van der Waals surface area contributed by atoms with Gasteiger partial charge >= 0.3 is 5.97 Å². The lowest BCUT2D eigenvalue weighted by molar-refractivity contribution is -0.142. The molecule has 0 aliphatic rings. The fourth-order valence-electron chi connectivity index (χ4n) is 1.20. The van der Waals surface area contributed by atoms with Crippen LogP contribution in [0.2, 0.25) is 0 Å². The van der Waals surface area contributed by atoms with Crippen LogP contribution >= 0.6 is 0 Å². The minimum Gasteiger partial charge on any atom is -0.480 e. The third-order valence-electron chi connectivity index (χ3n) is 2.11. The molecule has 15 heavy (non-hydrogen) atoms. The van der Waals surface area contributed by atoms with Crippen molar-refractivity contribution in [3.05, 3.63) is 0 Å². The largest absolute Gasteiger partial charge is 0.480 e. The van der Waals surface area contributed by atoms with E-state index in [0.717, 1.165) is 12.8 Å². The van der Waals surface area contributed by atoms with E-state index in [1.165, 1.54) is 0 Å². The van der Waals surface area contributed by atoms with E-state index in [4.69, 9.17) is 11.5 Å². The minimum absolute atomic E-state index is 0.0138. The molecule has 2 unspecified atom stereocenters. The molecule has 4 nitrogen and oxygen atoms in total. The lowest BCUT2D eigenvalue weighted by atomic mass is 10.0. The first-order chi connectivity index (χ1) is 7.02. The van der Waals surface area contributed by atoms with Gasteiger partial charge in [0.2, 0.25) is 5.91 Å². The van der Waals surface area contributed by atoms with Crippen LogP contribution < -0.4 is 5.32 Å². The highest BCUT2D eigenvalue weighted by Crippen LogP contribution is 2.05. The van der Waals surface area contributed by atoms with Gasteiger partial charge in [0.15, 0.2) is 0 Å². The molecule has 1 amide bonds. The lowest BCUT2D eigenvalue weighted by Crippen LogP contribution is -2.42. The van der Waals surface area contributed by atoms with Gasteiger partial charge in [-0.25, -0.2) is 4.79 Å². The standard InChI is InChI=1S/C11H17NO3/c1-4-6-8(3)10(13)12-9(7-5-2)11(14)15/h2,8-9H,4,6-7H2,1,3H3,(H,12,13)(H,14,15). The number of hydrogen-bond acceptors (Lipinski definition) is 2. The summed E-state index contributed by atoms with van der Waals surface area (Å²) in [4.78, 5) is 22.2. The van der Waals surface area contributed by atoms with Gasteiger partial charge in [-0.2, -0.15) is 0 Å². The fourth-order valence-corrected chi connectivity index (χ4v) is 1.20. The Morgan fingerprint density at radius 3 is 2.53 bits per heavy atom. The monoisotopic (exact) mass is 211 g/mol. The summed E-state index contributed by atoms with van der Waals surface area (Å²) in [5, 5.41) is 11.2. The third-order valence-corrected chi connectivity index (χ3v) is 2.11. The molecule has 0 aromatic carbocycles. The van der Waals surface area contributed by atoms with Crippen LogP contribution in [-0.2, 0) is 9.59 Å². The Balaban J connectivity index is 4.23. The smallest absolute Gasteiger partial charge is 0.327 e. The highest BCUT2D eigenvalue weighted by Gasteiger charge is 2.21. The summed E-state index contributed by atoms with van der Waals surface area (Å²) in [6.07, 6.45) is 6.66. The number of hydrogen-bond donors (Lipinski definition) is 2. The molecule has 0 radical (unpaired) electrons. The minimum atomic E-state index is -1.09. The van der Waals surface area contributed by atoms with Crippen molar-refractivity contribution in [2.24, 2.45) is 5.92 Å². The SMILES string of the molecule is C#CCC(NC(=O)C(C)CCC)C(=O)O. The molecule has 0 saturated heterocycles. The predicted molar refractivity (Wildman–Crippen MR) is 57.1 cm³/mol. The second kappa shape index (κ2) is 6.88. The highest BCUT2D eigenvalue weighted by atomic mass is 16.4. The average Bonchev–Trinajstić information content (AvgIpc) is 2.17. The average molecular weight is 211 g/mol. The predicted octanol–water partition coefficient (Wildman–Crippen LogP) is 1.02. The molecule has 0 bridgehead atoms.